The van der Waals surface area contributed by atoms with Crippen molar-refractivity contribution in [1.82, 2.24) is 10.2 Å². The quantitative estimate of drug-likeness (QED) is 0.491. The molecule has 1 aliphatic rings. The standard InChI is InChI=1S/C19H30ClN3O2.2ClH/c1-13-8-14(2)12-23(11-13)7-5-4-6-22-19(24)15-9-16(20)17(21)10-18(15)25-3;;/h9-10,13-14H,4-8,11-12,21H2,1-3H3,(H,22,24);2*1H. The van der Waals surface area contributed by atoms with Gasteiger partial charge < -0.3 is 20.7 Å². The molecule has 1 aliphatic heterocycles. The first-order valence-corrected chi connectivity index (χ1v) is 9.42. The van der Waals surface area contributed by atoms with Gasteiger partial charge in [0.05, 0.1) is 23.4 Å². The van der Waals surface area contributed by atoms with E-state index in [-0.39, 0.29) is 30.7 Å². The molecule has 8 heteroatoms. The van der Waals surface area contributed by atoms with Crippen LogP contribution in [0.2, 0.25) is 5.02 Å². The molecule has 1 aromatic carbocycles. The summed E-state index contributed by atoms with van der Waals surface area (Å²) >= 11 is 6.01. The van der Waals surface area contributed by atoms with E-state index in [2.05, 4.69) is 24.1 Å². The normalized spacial score (nSPS) is 19.6. The molecule has 2 unspecified atom stereocenters. The fourth-order valence-corrected chi connectivity index (χ4v) is 3.81. The Kier molecular flexibility index (Phi) is 12.1. The molecule has 0 spiro atoms. The number of ether oxygens (including phenoxy) is 1. The van der Waals surface area contributed by atoms with Crippen LogP contribution in [0.5, 0.6) is 5.75 Å². The zero-order chi connectivity index (χ0) is 18.4. The number of benzene rings is 1. The van der Waals surface area contributed by atoms with E-state index in [1.165, 1.54) is 26.6 Å². The third kappa shape index (κ3) is 7.94. The van der Waals surface area contributed by atoms with Gasteiger partial charge in [-0.1, -0.05) is 25.4 Å². The monoisotopic (exact) mass is 439 g/mol. The summed E-state index contributed by atoms with van der Waals surface area (Å²) in [6, 6.07) is 3.14. The van der Waals surface area contributed by atoms with Crippen molar-refractivity contribution >= 4 is 48.0 Å². The lowest BCUT2D eigenvalue weighted by Crippen LogP contribution is -2.39. The van der Waals surface area contributed by atoms with Crippen LogP contribution < -0.4 is 15.8 Å². The van der Waals surface area contributed by atoms with Crippen molar-refractivity contribution < 1.29 is 9.53 Å². The Morgan fingerprint density at radius 1 is 1.26 bits per heavy atom. The Bertz CT molecular complexity index is 592. The van der Waals surface area contributed by atoms with Crippen LogP contribution in [0.4, 0.5) is 5.69 Å². The van der Waals surface area contributed by atoms with Gasteiger partial charge in [-0.25, -0.2) is 0 Å². The number of halogens is 3. The number of nitrogens with zero attached hydrogens (tertiary/aromatic N) is 1. The predicted molar refractivity (Wildman–Crippen MR) is 118 cm³/mol. The Morgan fingerprint density at radius 2 is 1.89 bits per heavy atom. The smallest absolute Gasteiger partial charge is 0.255 e. The molecule has 2 rings (SSSR count). The van der Waals surface area contributed by atoms with Gasteiger partial charge in [0.1, 0.15) is 5.75 Å². The summed E-state index contributed by atoms with van der Waals surface area (Å²) < 4.78 is 5.22. The van der Waals surface area contributed by atoms with E-state index < -0.39 is 0 Å². The van der Waals surface area contributed by atoms with Crippen molar-refractivity contribution in [2.24, 2.45) is 11.8 Å². The molecule has 0 bridgehead atoms. The lowest BCUT2D eigenvalue weighted by atomic mass is 9.92. The summed E-state index contributed by atoms with van der Waals surface area (Å²) in [5.74, 6) is 1.83. The summed E-state index contributed by atoms with van der Waals surface area (Å²) in [6.45, 7) is 8.78. The maximum atomic E-state index is 12.3. The number of carbonyl (C=O) groups is 1. The molecule has 0 saturated carbocycles. The molecule has 2 atom stereocenters. The Balaban J connectivity index is 0.00000338. The molecule has 5 nitrogen and oxygen atoms in total. The van der Waals surface area contributed by atoms with Gasteiger partial charge in [0, 0.05) is 25.7 Å². The molecule has 1 heterocycles. The van der Waals surface area contributed by atoms with E-state index >= 15 is 0 Å². The predicted octanol–water partition coefficient (Wildman–Crippen LogP) is 4.26. The Hall–Kier alpha value is -0.880. The molecule has 3 N–H and O–H groups in total. The SMILES string of the molecule is COc1cc(N)c(Cl)cc1C(=O)NCCCCN1CC(C)CC(C)C1.Cl.Cl. The first-order valence-electron chi connectivity index (χ1n) is 9.04. The van der Waals surface area contributed by atoms with Crippen molar-refractivity contribution in [3.05, 3.63) is 22.7 Å². The molecular weight excluding hydrogens is 409 g/mol. The number of likely N-dealkylation sites (tertiary alicyclic amines) is 1. The van der Waals surface area contributed by atoms with E-state index in [4.69, 9.17) is 22.1 Å². The van der Waals surface area contributed by atoms with Crippen LogP contribution >= 0.6 is 36.4 Å². The number of methoxy groups -OCH3 is 1. The lowest BCUT2D eigenvalue weighted by Gasteiger charge is -2.34. The zero-order valence-corrected chi connectivity index (χ0v) is 18.7. The average Bonchev–Trinajstić information content (AvgIpc) is 2.55. The highest BCUT2D eigenvalue weighted by atomic mass is 35.5. The fraction of sp³-hybridized carbons (Fsp3) is 0.632. The Morgan fingerprint density at radius 3 is 2.48 bits per heavy atom. The van der Waals surface area contributed by atoms with E-state index in [1.54, 1.807) is 12.1 Å². The van der Waals surface area contributed by atoms with Crippen LogP contribution in [0, 0.1) is 11.8 Å². The molecule has 0 radical (unpaired) electrons. The third-order valence-electron chi connectivity index (χ3n) is 4.69. The van der Waals surface area contributed by atoms with E-state index in [1.807, 2.05) is 0 Å². The lowest BCUT2D eigenvalue weighted by molar-refractivity contribution is 0.0948. The summed E-state index contributed by atoms with van der Waals surface area (Å²) in [7, 11) is 1.51. The van der Waals surface area contributed by atoms with E-state index in [0.29, 0.717) is 28.6 Å². The number of piperidine rings is 1. The van der Waals surface area contributed by atoms with Crippen molar-refractivity contribution in [1.29, 1.82) is 0 Å². The number of nitrogens with two attached hydrogens (primary N) is 1. The van der Waals surface area contributed by atoms with Gasteiger partial charge in [-0.2, -0.15) is 0 Å². The molecule has 0 aliphatic carbocycles. The minimum atomic E-state index is -0.182. The minimum Gasteiger partial charge on any atom is -0.496 e. The van der Waals surface area contributed by atoms with Gasteiger partial charge in [-0.05, 0) is 43.7 Å². The van der Waals surface area contributed by atoms with Crippen LogP contribution in [0.15, 0.2) is 12.1 Å². The third-order valence-corrected chi connectivity index (χ3v) is 5.02. The molecule has 1 aromatic rings. The molecule has 27 heavy (non-hydrogen) atoms. The first kappa shape index (κ1) is 26.1. The summed E-state index contributed by atoms with van der Waals surface area (Å²) in [5.41, 5.74) is 6.57. The number of amides is 1. The van der Waals surface area contributed by atoms with Crippen LogP contribution in [-0.2, 0) is 0 Å². The molecule has 1 amide bonds. The molecule has 1 fully saturated rings. The second-order valence-corrected chi connectivity index (χ2v) is 7.65. The van der Waals surface area contributed by atoms with Gasteiger partial charge in [0.25, 0.3) is 5.91 Å². The topological polar surface area (TPSA) is 67.6 Å². The van der Waals surface area contributed by atoms with Gasteiger partial charge in [-0.15, -0.1) is 24.8 Å². The highest BCUT2D eigenvalue weighted by Crippen LogP contribution is 2.28. The second kappa shape index (κ2) is 12.6. The molecule has 1 saturated heterocycles. The van der Waals surface area contributed by atoms with Gasteiger partial charge in [0.2, 0.25) is 0 Å². The largest absolute Gasteiger partial charge is 0.496 e. The second-order valence-electron chi connectivity index (χ2n) is 7.24. The van der Waals surface area contributed by atoms with Crippen molar-refractivity contribution in [3.8, 4) is 5.75 Å². The number of hydrogen-bond donors (Lipinski definition) is 2. The van der Waals surface area contributed by atoms with Gasteiger partial charge in [0.15, 0.2) is 0 Å². The fourth-order valence-electron chi connectivity index (χ4n) is 3.65. The van der Waals surface area contributed by atoms with E-state index in [0.717, 1.165) is 31.2 Å². The highest BCUT2D eigenvalue weighted by Gasteiger charge is 2.21. The van der Waals surface area contributed by atoms with Gasteiger partial charge >= 0.3 is 0 Å². The average molecular weight is 441 g/mol. The maximum absolute atomic E-state index is 12.3. The van der Waals surface area contributed by atoms with Crippen LogP contribution in [0.3, 0.4) is 0 Å². The maximum Gasteiger partial charge on any atom is 0.255 e. The van der Waals surface area contributed by atoms with Crippen LogP contribution in [0.1, 0.15) is 43.5 Å². The highest BCUT2D eigenvalue weighted by molar-refractivity contribution is 6.33. The number of hydrogen-bond acceptors (Lipinski definition) is 4. The number of carbonyl (C=O) groups excluding carboxylic acids is 1. The molecule has 156 valence electrons. The number of unbranched alkanes of at least 4 members (excludes halogenated alkanes) is 1. The van der Waals surface area contributed by atoms with E-state index in [9.17, 15) is 4.79 Å². The van der Waals surface area contributed by atoms with Crippen molar-refractivity contribution in [2.45, 2.75) is 33.1 Å². The Labute approximate surface area is 180 Å². The van der Waals surface area contributed by atoms with Crippen LogP contribution in [-0.4, -0.2) is 44.1 Å². The van der Waals surface area contributed by atoms with Crippen molar-refractivity contribution in [3.63, 3.8) is 0 Å². The number of anilines is 1. The minimum absolute atomic E-state index is 0. The summed E-state index contributed by atoms with van der Waals surface area (Å²) in [6.07, 6.45) is 3.37. The number of nitrogen functional groups attached to an aromatic ring is 1. The van der Waals surface area contributed by atoms with Crippen molar-refractivity contribution in [2.75, 3.05) is 39.0 Å². The number of rotatable bonds is 7. The molecular formula is C19H32Cl3N3O2. The zero-order valence-electron chi connectivity index (χ0n) is 16.3. The first-order chi connectivity index (χ1) is 11.9. The summed E-state index contributed by atoms with van der Waals surface area (Å²) in [5, 5.41) is 3.30. The number of nitrogens with one attached hydrogen (secondary N) is 1. The van der Waals surface area contributed by atoms with Crippen LogP contribution in [0.25, 0.3) is 0 Å². The molecule has 0 aromatic heterocycles. The van der Waals surface area contributed by atoms with Gasteiger partial charge in [-0.3, -0.25) is 4.79 Å². The summed E-state index contributed by atoms with van der Waals surface area (Å²) in [4.78, 5) is 14.9.